The summed E-state index contributed by atoms with van der Waals surface area (Å²) in [7, 11) is 0. The van der Waals surface area contributed by atoms with Gasteiger partial charge in [-0.15, -0.1) is 0 Å². The zero-order chi connectivity index (χ0) is 13.2. The number of fused-ring (bicyclic) bond motifs is 1. The summed E-state index contributed by atoms with van der Waals surface area (Å²) in [5, 5.41) is 6.68. The Kier molecular flexibility index (Phi) is 3.42. The Balaban J connectivity index is 1.80. The molecule has 2 aromatic carbocycles. The fourth-order valence-electron chi connectivity index (χ4n) is 2.38. The van der Waals surface area contributed by atoms with E-state index in [4.69, 9.17) is 0 Å². The number of para-hydroxylation sites is 1. The molecule has 0 saturated heterocycles. The van der Waals surface area contributed by atoms with E-state index < -0.39 is 0 Å². The molecule has 2 nitrogen and oxygen atoms in total. The molecular weight excluding hydrogens is 307 g/mol. The maximum Gasteiger partial charge on any atom is 0.125 e. The van der Waals surface area contributed by atoms with Gasteiger partial charge < -0.3 is 10.6 Å². The van der Waals surface area contributed by atoms with Crippen LogP contribution in [0.4, 0.5) is 15.8 Å². The Labute approximate surface area is 120 Å². The van der Waals surface area contributed by atoms with Gasteiger partial charge in [-0.2, -0.15) is 0 Å². The van der Waals surface area contributed by atoms with E-state index in [1.54, 1.807) is 6.07 Å². The molecule has 4 heteroatoms. The average Bonchev–Trinajstić information content (AvgIpc) is 2.88. The van der Waals surface area contributed by atoms with Crippen molar-refractivity contribution in [2.75, 3.05) is 17.2 Å². The van der Waals surface area contributed by atoms with Crippen molar-refractivity contribution in [1.82, 2.24) is 0 Å². The van der Waals surface area contributed by atoms with E-state index in [0.29, 0.717) is 6.54 Å². The van der Waals surface area contributed by atoms with Crippen LogP contribution in [-0.4, -0.2) is 6.54 Å². The Bertz CT molecular complexity index is 613. The molecule has 0 radical (unpaired) electrons. The smallest absolute Gasteiger partial charge is 0.125 e. The molecule has 1 aliphatic heterocycles. The van der Waals surface area contributed by atoms with E-state index in [1.807, 2.05) is 0 Å². The normalized spacial score (nSPS) is 12.9. The molecule has 0 fully saturated rings. The maximum absolute atomic E-state index is 13.2. The van der Waals surface area contributed by atoms with Gasteiger partial charge in [0.2, 0.25) is 0 Å². The van der Waals surface area contributed by atoms with Gasteiger partial charge in [-0.1, -0.05) is 18.2 Å². The second kappa shape index (κ2) is 5.21. The van der Waals surface area contributed by atoms with E-state index in [9.17, 15) is 4.39 Å². The number of rotatable bonds is 3. The first kappa shape index (κ1) is 12.5. The zero-order valence-electron chi connectivity index (χ0n) is 10.3. The summed E-state index contributed by atoms with van der Waals surface area (Å²) in [5.74, 6) is -0.234. The van der Waals surface area contributed by atoms with Crippen molar-refractivity contribution in [3.05, 3.63) is 57.8 Å². The van der Waals surface area contributed by atoms with Crippen molar-refractivity contribution in [2.24, 2.45) is 0 Å². The summed E-state index contributed by atoms with van der Waals surface area (Å²) in [5.41, 5.74) is 4.57. The molecule has 0 bridgehead atoms. The quantitative estimate of drug-likeness (QED) is 0.887. The minimum Gasteiger partial charge on any atom is -0.384 e. The van der Waals surface area contributed by atoms with Crippen LogP contribution >= 0.6 is 15.9 Å². The third-order valence-electron chi connectivity index (χ3n) is 3.33. The monoisotopic (exact) mass is 320 g/mol. The van der Waals surface area contributed by atoms with E-state index in [0.717, 1.165) is 23.1 Å². The standard InChI is InChI=1S/C15H14BrFN2/c16-13-5-4-12(17)8-14(13)19-9-11-3-1-2-10-6-7-18-15(10)11/h1-5,8,18-19H,6-7,9H2. The molecule has 0 aliphatic carbocycles. The zero-order valence-corrected chi connectivity index (χ0v) is 11.9. The molecule has 0 spiro atoms. The summed E-state index contributed by atoms with van der Waals surface area (Å²) in [6, 6.07) is 11.0. The Morgan fingerprint density at radius 3 is 3.05 bits per heavy atom. The number of hydrogen-bond donors (Lipinski definition) is 2. The molecule has 3 rings (SSSR count). The third-order valence-corrected chi connectivity index (χ3v) is 4.02. The van der Waals surface area contributed by atoms with Crippen LogP contribution in [0.5, 0.6) is 0 Å². The summed E-state index contributed by atoms with van der Waals surface area (Å²) < 4.78 is 14.1. The van der Waals surface area contributed by atoms with Gasteiger partial charge in [-0.05, 0) is 51.7 Å². The predicted molar refractivity (Wildman–Crippen MR) is 80.1 cm³/mol. The Morgan fingerprint density at radius 1 is 1.26 bits per heavy atom. The molecule has 19 heavy (non-hydrogen) atoms. The molecular formula is C15H14BrFN2. The van der Waals surface area contributed by atoms with Crippen LogP contribution < -0.4 is 10.6 Å². The number of halogens is 2. The minimum atomic E-state index is -0.234. The van der Waals surface area contributed by atoms with Crippen LogP contribution in [0.2, 0.25) is 0 Å². The molecule has 0 atom stereocenters. The van der Waals surface area contributed by atoms with Crippen molar-refractivity contribution in [3.8, 4) is 0 Å². The highest BCUT2D eigenvalue weighted by Crippen LogP contribution is 2.28. The molecule has 1 aliphatic rings. The molecule has 0 saturated carbocycles. The lowest BCUT2D eigenvalue weighted by Crippen LogP contribution is -2.03. The van der Waals surface area contributed by atoms with Crippen molar-refractivity contribution >= 4 is 27.3 Å². The number of benzene rings is 2. The molecule has 0 aromatic heterocycles. The molecule has 0 unspecified atom stereocenters. The van der Waals surface area contributed by atoms with Gasteiger partial charge in [0.05, 0.1) is 5.69 Å². The van der Waals surface area contributed by atoms with Crippen LogP contribution in [-0.2, 0) is 13.0 Å². The van der Waals surface area contributed by atoms with E-state index >= 15 is 0 Å². The number of anilines is 2. The lowest BCUT2D eigenvalue weighted by molar-refractivity contribution is 0.628. The maximum atomic E-state index is 13.2. The van der Waals surface area contributed by atoms with Gasteiger partial charge in [0.1, 0.15) is 5.82 Å². The third kappa shape index (κ3) is 2.59. The van der Waals surface area contributed by atoms with Gasteiger partial charge in [0.15, 0.2) is 0 Å². The molecule has 2 aromatic rings. The first-order chi connectivity index (χ1) is 9.24. The van der Waals surface area contributed by atoms with E-state index in [-0.39, 0.29) is 5.82 Å². The van der Waals surface area contributed by atoms with Crippen molar-refractivity contribution in [2.45, 2.75) is 13.0 Å². The lowest BCUT2D eigenvalue weighted by Gasteiger charge is -2.12. The fourth-order valence-corrected chi connectivity index (χ4v) is 2.77. The van der Waals surface area contributed by atoms with Crippen LogP contribution in [0, 0.1) is 5.82 Å². The summed E-state index contributed by atoms with van der Waals surface area (Å²) in [6.45, 7) is 1.67. The molecule has 98 valence electrons. The minimum absolute atomic E-state index is 0.234. The molecule has 2 N–H and O–H groups in total. The van der Waals surface area contributed by atoms with E-state index in [1.165, 1.54) is 28.9 Å². The first-order valence-corrected chi connectivity index (χ1v) is 7.07. The van der Waals surface area contributed by atoms with Gasteiger partial charge in [0.25, 0.3) is 0 Å². The predicted octanol–water partition coefficient (Wildman–Crippen LogP) is 4.17. The van der Waals surface area contributed by atoms with Gasteiger partial charge >= 0.3 is 0 Å². The second-order valence-electron chi connectivity index (χ2n) is 4.61. The van der Waals surface area contributed by atoms with Crippen LogP contribution in [0.15, 0.2) is 40.9 Å². The SMILES string of the molecule is Fc1ccc(Br)c(NCc2cccc3c2NCC3)c1. The topological polar surface area (TPSA) is 24.1 Å². The highest BCUT2D eigenvalue weighted by Gasteiger charge is 2.13. The summed E-state index contributed by atoms with van der Waals surface area (Å²) in [4.78, 5) is 0. The number of nitrogens with one attached hydrogen (secondary N) is 2. The highest BCUT2D eigenvalue weighted by molar-refractivity contribution is 9.10. The molecule has 0 amide bonds. The highest BCUT2D eigenvalue weighted by atomic mass is 79.9. The van der Waals surface area contributed by atoms with E-state index in [2.05, 4.69) is 44.8 Å². The van der Waals surface area contributed by atoms with Gasteiger partial charge in [-0.3, -0.25) is 0 Å². The van der Waals surface area contributed by atoms with Gasteiger partial charge in [-0.25, -0.2) is 4.39 Å². The second-order valence-corrected chi connectivity index (χ2v) is 5.46. The largest absolute Gasteiger partial charge is 0.384 e. The Hall–Kier alpha value is -1.55. The summed E-state index contributed by atoms with van der Waals surface area (Å²) >= 11 is 3.42. The van der Waals surface area contributed by atoms with Crippen LogP contribution in [0.25, 0.3) is 0 Å². The van der Waals surface area contributed by atoms with Crippen molar-refractivity contribution in [1.29, 1.82) is 0 Å². The summed E-state index contributed by atoms with van der Waals surface area (Å²) in [6.07, 6.45) is 1.08. The van der Waals surface area contributed by atoms with Crippen molar-refractivity contribution in [3.63, 3.8) is 0 Å². The number of hydrogen-bond acceptors (Lipinski definition) is 2. The van der Waals surface area contributed by atoms with Crippen molar-refractivity contribution < 1.29 is 4.39 Å². The Morgan fingerprint density at radius 2 is 2.16 bits per heavy atom. The lowest BCUT2D eigenvalue weighted by atomic mass is 10.1. The average molecular weight is 321 g/mol. The fraction of sp³-hybridized carbons (Fsp3) is 0.200. The molecule has 1 heterocycles. The van der Waals surface area contributed by atoms with Crippen LogP contribution in [0.3, 0.4) is 0 Å². The first-order valence-electron chi connectivity index (χ1n) is 6.27. The van der Waals surface area contributed by atoms with Crippen LogP contribution in [0.1, 0.15) is 11.1 Å². The van der Waals surface area contributed by atoms with Gasteiger partial charge in [0, 0.05) is 23.2 Å².